The number of esters is 1. The van der Waals surface area contributed by atoms with Gasteiger partial charge in [0.05, 0.1) is 12.2 Å². The second kappa shape index (κ2) is 6.55. The minimum absolute atomic E-state index is 0.113. The highest BCUT2D eigenvalue weighted by molar-refractivity contribution is 5.92. The lowest BCUT2D eigenvalue weighted by atomic mass is 9.84. The molecule has 100 valence electrons. The molecule has 4 nitrogen and oxygen atoms in total. The van der Waals surface area contributed by atoms with Crippen LogP contribution in [0.3, 0.4) is 0 Å². The van der Waals surface area contributed by atoms with E-state index in [1.807, 2.05) is 6.07 Å². The third-order valence-electron chi connectivity index (χ3n) is 3.40. The van der Waals surface area contributed by atoms with E-state index in [0.717, 1.165) is 19.3 Å². The van der Waals surface area contributed by atoms with Crippen molar-refractivity contribution in [2.75, 3.05) is 13.2 Å². The summed E-state index contributed by atoms with van der Waals surface area (Å²) in [6, 6.07) is 1.93. The van der Waals surface area contributed by atoms with E-state index in [0.29, 0.717) is 6.61 Å². The molecule has 1 aliphatic heterocycles. The van der Waals surface area contributed by atoms with Crippen LogP contribution in [0.1, 0.15) is 40.0 Å². The van der Waals surface area contributed by atoms with Gasteiger partial charge in [0.1, 0.15) is 11.6 Å². The van der Waals surface area contributed by atoms with E-state index in [4.69, 9.17) is 14.7 Å². The molecule has 0 aliphatic carbocycles. The molecule has 1 aliphatic rings. The maximum absolute atomic E-state index is 11.5. The zero-order valence-corrected chi connectivity index (χ0v) is 11.4. The van der Waals surface area contributed by atoms with Gasteiger partial charge in [0.25, 0.3) is 0 Å². The van der Waals surface area contributed by atoms with Crippen LogP contribution in [-0.2, 0) is 14.3 Å². The molecule has 0 saturated carbocycles. The van der Waals surface area contributed by atoms with Gasteiger partial charge in [-0.15, -0.1) is 0 Å². The van der Waals surface area contributed by atoms with E-state index in [1.54, 1.807) is 13.0 Å². The third kappa shape index (κ3) is 3.85. The van der Waals surface area contributed by atoms with Crippen molar-refractivity contribution in [3.63, 3.8) is 0 Å². The second-order valence-corrected chi connectivity index (χ2v) is 4.82. The summed E-state index contributed by atoms with van der Waals surface area (Å²) < 4.78 is 10.6. The standard InChI is InChI=1S/C14H21NO3/c1-4-14(3)9-11(6-7-18-14)8-12(10-15)13(16)17-5-2/h8,11H,4-7,9H2,1-3H3/b12-8+/t11-,14-/m0/s1. The van der Waals surface area contributed by atoms with E-state index >= 15 is 0 Å². The Balaban J connectivity index is 2.74. The number of nitriles is 1. The quantitative estimate of drug-likeness (QED) is 0.438. The van der Waals surface area contributed by atoms with Gasteiger partial charge in [0.15, 0.2) is 0 Å². The molecule has 0 N–H and O–H groups in total. The highest BCUT2D eigenvalue weighted by Gasteiger charge is 2.31. The first-order valence-corrected chi connectivity index (χ1v) is 6.47. The van der Waals surface area contributed by atoms with Gasteiger partial charge >= 0.3 is 5.97 Å². The minimum atomic E-state index is -0.523. The second-order valence-electron chi connectivity index (χ2n) is 4.82. The number of ether oxygens (including phenoxy) is 2. The van der Waals surface area contributed by atoms with Gasteiger partial charge in [-0.2, -0.15) is 5.26 Å². The molecule has 0 spiro atoms. The number of rotatable bonds is 4. The van der Waals surface area contributed by atoms with Crippen molar-refractivity contribution < 1.29 is 14.3 Å². The lowest BCUT2D eigenvalue weighted by Crippen LogP contribution is -2.36. The smallest absolute Gasteiger partial charge is 0.348 e. The number of hydrogen-bond donors (Lipinski definition) is 0. The summed E-state index contributed by atoms with van der Waals surface area (Å²) in [5, 5.41) is 8.99. The van der Waals surface area contributed by atoms with Crippen molar-refractivity contribution in [3.8, 4) is 6.07 Å². The van der Waals surface area contributed by atoms with Gasteiger partial charge < -0.3 is 9.47 Å². The van der Waals surface area contributed by atoms with Gasteiger partial charge in [-0.25, -0.2) is 4.79 Å². The van der Waals surface area contributed by atoms with Crippen LogP contribution < -0.4 is 0 Å². The highest BCUT2D eigenvalue weighted by atomic mass is 16.5. The van der Waals surface area contributed by atoms with Gasteiger partial charge in [-0.3, -0.25) is 0 Å². The van der Waals surface area contributed by atoms with Crippen molar-refractivity contribution >= 4 is 5.97 Å². The zero-order chi connectivity index (χ0) is 13.6. The Kier molecular flexibility index (Phi) is 5.36. The monoisotopic (exact) mass is 251 g/mol. The molecule has 1 heterocycles. The van der Waals surface area contributed by atoms with Crippen LogP contribution in [0.2, 0.25) is 0 Å². The van der Waals surface area contributed by atoms with Crippen LogP contribution in [0.5, 0.6) is 0 Å². The summed E-state index contributed by atoms with van der Waals surface area (Å²) in [5.74, 6) is -0.313. The first-order valence-electron chi connectivity index (χ1n) is 6.47. The summed E-state index contributed by atoms with van der Waals surface area (Å²) in [4.78, 5) is 11.5. The Morgan fingerprint density at radius 3 is 2.89 bits per heavy atom. The average molecular weight is 251 g/mol. The summed E-state index contributed by atoms with van der Waals surface area (Å²) in [5.41, 5.74) is -0.0311. The molecule has 1 fully saturated rings. The largest absolute Gasteiger partial charge is 0.462 e. The predicted molar refractivity (Wildman–Crippen MR) is 67.7 cm³/mol. The lowest BCUT2D eigenvalue weighted by Gasteiger charge is -2.36. The lowest BCUT2D eigenvalue weighted by molar-refractivity contribution is -0.138. The van der Waals surface area contributed by atoms with E-state index in [2.05, 4.69) is 13.8 Å². The topological polar surface area (TPSA) is 59.3 Å². The van der Waals surface area contributed by atoms with E-state index in [-0.39, 0.29) is 23.7 Å². The Hall–Kier alpha value is -1.34. The molecular formula is C14H21NO3. The van der Waals surface area contributed by atoms with Crippen molar-refractivity contribution in [1.82, 2.24) is 0 Å². The number of hydrogen-bond acceptors (Lipinski definition) is 4. The van der Waals surface area contributed by atoms with Crippen LogP contribution in [0.25, 0.3) is 0 Å². The summed E-state index contributed by atoms with van der Waals surface area (Å²) in [6.07, 6.45) is 4.36. The third-order valence-corrected chi connectivity index (χ3v) is 3.40. The minimum Gasteiger partial charge on any atom is -0.462 e. The first kappa shape index (κ1) is 14.7. The number of carbonyl (C=O) groups excluding carboxylic acids is 1. The fourth-order valence-electron chi connectivity index (χ4n) is 2.16. The zero-order valence-electron chi connectivity index (χ0n) is 11.4. The maximum Gasteiger partial charge on any atom is 0.348 e. The summed E-state index contributed by atoms with van der Waals surface area (Å²) >= 11 is 0. The molecule has 0 amide bonds. The number of allylic oxidation sites excluding steroid dienone is 1. The van der Waals surface area contributed by atoms with Crippen molar-refractivity contribution in [1.29, 1.82) is 5.26 Å². The molecule has 0 unspecified atom stereocenters. The van der Waals surface area contributed by atoms with Crippen LogP contribution in [0, 0.1) is 17.2 Å². The van der Waals surface area contributed by atoms with Gasteiger partial charge in [0, 0.05) is 6.61 Å². The molecule has 0 bridgehead atoms. The molecule has 2 atom stereocenters. The molecular weight excluding hydrogens is 230 g/mol. The molecule has 0 radical (unpaired) electrons. The SMILES string of the molecule is CCOC(=O)/C(C#N)=C/[C@@H]1CCO[C@@](C)(CC)C1. The molecule has 18 heavy (non-hydrogen) atoms. The molecule has 4 heteroatoms. The first-order chi connectivity index (χ1) is 8.54. The van der Waals surface area contributed by atoms with Gasteiger partial charge in [-0.1, -0.05) is 13.0 Å². The summed E-state index contributed by atoms with van der Waals surface area (Å²) in [6.45, 7) is 6.85. The van der Waals surface area contributed by atoms with Crippen molar-refractivity contribution in [3.05, 3.63) is 11.6 Å². The highest BCUT2D eigenvalue weighted by Crippen LogP contribution is 2.32. The Morgan fingerprint density at radius 2 is 2.33 bits per heavy atom. The normalized spacial score (nSPS) is 28.6. The molecule has 1 rings (SSSR count). The van der Waals surface area contributed by atoms with E-state index < -0.39 is 5.97 Å². The van der Waals surface area contributed by atoms with Crippen LogP contribution in [0.4, 0.5) is 0 Å². The maximum atomic E-state index is 11.5. The summed E-state index contributed by atoms with van der Waals surface area (Å²) in [7, 11) is 0. The van der Waals surface area contributed by atoms with E-state index in [1.165, 1.54) is 0 Å². The number of nitrogens with zero attached hydrogens (tertiary/aromatic N) is 1. The Bertz CT molecular complexity index is 370. The molecule has 1 saturated heterocycles. The van der Waals surface area contributed by atoms with Gasteiger partial charge in [0.2, 0.25) is 0 Å². The fraction of sp³-hybridized carbons (Fsp3) is 0.714. The van der Waals surface area contributed by atoms with Crippen molar-refractivity contribution in [2.24, 2.45) is 5.92 Å². The van der Waals surface area contributed by atoms with Crippen LogP contribution in [-0.4, -0.2) is 24.8 Å². The van der Waals surface area contributed by atoms with E-state index in [9.17, 15) is 4.79 Å². The number of carbonyl (C=O) groups is 1. The fourth-order valence-corrected chi connectivity index (χ4v) is 2.16. The van der Waals surface area contributed by atoms with Crippen molar-refractivity contribution in [2.45, 2.75) is 45.6 Å². The van der Waals surface area contributed by atoms with Gasteiger partial charge in [-0.05, 0) is 39.0 Å². The average Bonchev–Trinajstić information content (AvgIpc) is 2.36. The molecule has 0 aromatic heterocycles. The Labute approximate surface area is 109 Å². The molecule has 0 aromatic carbocycles. The predicted octanol–water partition coefficient (Wildman–Crippen LogP) is 2.59. The molecule has 0 aromatic rings. The van der Waals surface area contributed by atoms with Crippen LogP contribution in [0.15, 0.2) is 11.6 Å². The Morgan fingerprint density at radius 1 is 1.61 bits per heavy atom. The van der Waals surface area contributed by atoms with Crippen LogP contribution >= 0.6 is 0 Å².